The third-order valence-corrected chi connectivity index (χ3v) is 5.64. The molecule has 8 nitrogen and oxygen atoms in total. The van der Waals surface area contributed by atoms with Crippen LogP contribution >= 0.6 is 0 Å². The lowest BCUT2D eigenvalue weighted by Gasteiger charge is -2.22. The maximum atomic E-state index is 12.6. The Morgan fingerprint density at radius 1 is 0.700 bits per heavy atom. The number of carbonyl (C=O) groups excluding carboxylic acids is 4. The molecule has 0 aliphatic heterocycles. The highest BCUT2D eigenvalue weighted by molar-refractivity contribution is 5.79. The first-order chi connectivity index (χ1) is 14.6. The lowest BCUT2D eigenvalue weighted by Crippen LogP contribution is -2.24. The maximum absolute atomic E-state index is 12.6. The molecule has 1 aromatic rings. The smallest absolute Gasteiger partial charge is 0.314 e. The van der Waals surface area contributed by atoms with Crippen LogP contribution in [-0.4, -0.2) is 24.9 Å². The van der Waals surface area contributed by atoms with Crippen molar-refractivity contribution in [1.29, 1.82) is 0 Å². The molecule has 0 atom stereocenters. The average molecular weight is 418 g/mol. The minimum absolute atomic E-state index is 0.0483. The fraction of sp³-hybridized carbons (Fsp3) is 0.545. The summed E-state index contributed by atoms with van der Waals surface area (Å²) in [7, 11) is 0. The number of esters is 2. The van der Waals surface area contributed by atoms with Crippen molar-refractivity contribution >= 4 is 24.9 Å². The van der Waals surface area contributed by atoms with Crippen LogP contribution < -0.4 is 18.9 Å². The Hall–Kier alpha value is -2.90. The van der Waals surface area contributed by atoms with E-state index in [4.69, 9.17) is 18.9 Å². The van der Waals surface area contributed by atoms with Gasteiger partial charge in [-0.15, -0.1) is 0 Å². The highest BCUT2D eigenvalue weighted by atomic mass is 16.6. The van der Waals surface area contributed by atoms with Gasteiger partial charge >= 0.3 is 11.9 Å². The summed E-state index contributed by atoms with van der Waals surface area (Å²) >= 11 is 0. The van der Waals surface area contributed by atoms with Crippen LogP contribution in [-0.2, 0) is 19.2 Å². The Morgan fingerprint density at radius 3 is 1.73 bits per heavy atom. The molecule has 2 aliphatic rings. The zero-order valence-electron chi connectivity index (χ0n) is 16.8. The Bertz CT molecular complexity index is 776. The third-order valence-electron chi connectivity index (χ3n) is 5.64. The molecule has 0 N–H and O–H groups in total. The Labute approximate surface area is 174 Å². The van der Waals surface area contributed by atoms with Gasteiger partial charge in [0.1, 0.15) is 5.75 Å². The van der Waals surface area contributed by atoms with Crippen LogP contribution in [0.2, 0.25) is 0 Å². The second-order valence-electron chi connectivity index (χ2n) is 7.69. The van der Waals surface area contributed by atoms with Crippen molar-refractivity contribution in [3.63, 3.8) is 0 Å². The van der Waals surface area contributed by atoms with E-state index in [1.165, 1.54) is 12.1 Å². The number of hydrogen-bond donors (Lipinski definition) is 0. The number of rotatable bonds is 8. The molecule has 0 unspecified atom stereocenters. The third kappa shape index (κ3) is 5.58. The Kier molecular flexibility index (Phi) is 7.82. The molecular weight excluding hydrogens is 392 g/mol. The van der Waals surface area contributed by atoms with Crippen molar-refractivity contribution in [2.24, 2.45) is 11.8 Å². The molecule has 1 aromatic carbocycles. The van der Waals surface area contributed by atoms with E-state index in [1.807, 2.05) is 0 Å². The second kappa shape index (κ2) is 10.8. The minimum Gasteiger partial charge on any atom is -0.426 e. The molecule has 2 saturated carbocycles. The quantitative estimate of drug-likeness (QED) is 0.357. The summed E-state index contributed by atoms with van der Waals surface area (Å²) in [5.74, 6) is -1.80. The summed E-state index contributed by atoms with van der Waals surface area (Å²) in [4.78, 5) is 46.9. The van der Waals surface area contributed by atoms with Crippen LogP contribution in [0.25, 0.3) is 0 Å². The summed E-state index contributed by atoms with van der Waals surface area (Å²) in [6.45, 7) is 0.283. The summed E-state index contributed by atoms with van der Waals surface area (Å²) in [5.41, 5.74) is 0. The molecule has 0 radical (unpaired) electrons. The van der Waals surface area contributed by atoms with Crippen LogP contribution in [0.5, 0.6) is 23.0 Å². The highest BCUT2D eigenvalue weighted by Gasteiger charge is 2.28. The highest BCUT2D eigenvalue weighted by Crippen LogP contribution is 2.42. The largest absolute Gasteiger partial charge is 0.426 e. The van der Waals surface area contributed by atoms with Gasteiger partial charge in [-0.3, -0.25) is 19.2 Å². The lowest BCUT2D eigenvalue weighted by molar-refractivity contribution is -0.140. The van der Waals surface area contributed by atoms with Crippen molar-refractivity contribution in [2.45, 2.75) is 64.2 Å². The molecule has 30 heavy (non-hydrogen) atoms. The zero-order chi connectivity index (χ0) is 21.3. The SMILES string of the molecule is O=COc1cc(OC(=O)C2CCCCC2)cc(OC(=O)C2CCCCC2)c1OC=O. The van der Waals surface area contributed by atoms with E-state index in [0.717, 1.165) is 64.2 Å². The Morgan fingerprint density at radius 2 is 1.20 bits per heavy atom. The van der Waals surface area contributed by atoms with E-state index in [2.05, 4.69) is 0 Å². The molecule has 0 bridgehead atoms. The first-order valence-corrected chi connectivity index (χ1v) is 10.4. The van der Waals surface area contributed by atoms with Crippen molar-refractivity contribution < 1.29 is 38.1 Å². The predicted octanol–water partition coefficient (Wildman–Crippen LogP) is 3.73. The molecule has 8 heteroatoms. The maximum Gasteiger partial charge on any atom is 0.314 e. The van der Waals surface area contributed by atoms with Crippen molar-refractivity contribution in [1.82, 2.24) is 0 Å². The summed E-state index contributed by atoms with van der Waals surface area (Å²) in [5, 5.41) is 0. The summed E-state index contributed by atoms with van der Waals surface area (Å²) in [6.07, 6.45) is 8.94. The van der Waals surface area contributed by atoms with Crippen LogP contribution in [0.15, 0.2) is 12.1 Å². The fourth-order valence-corrected chi connectivity index (χ4v) is 4.06. The topological polar surface area (TPSA) is 105 Å². The molecule has 0 aromatic heterocycles. The van der Waals surface area contributed by atoms with Gasteiger partial charge < -0.3 is 18.9 Å². The predicted molar refractivity (Wildman–Crippen MR) is 104 cm³/mol. The van der Waals surface area contributed by atoms with E-state index in [0.29, 0.717) is 0 Å². The van der Waals surface area contributed by atoms with Gasteiger partial charge in [0.05, 0.1) is 11.8 Å². The van der Waals surface area contributed by atoms with Crippen LogP contribution in [0.3, 0.4) is 0 Å². The fourth-order valence-electron chi connectivity index (χ4n) is 4.06. The number of ether oxygens (including phenoxy) is 4. The molecule has 2 aliphatic carbocycles. The van der Waals surface area contributed by atoms with Gasteiger partial charge in [-0.2, -0.15) is 0 Å². The van der Waals surface area contributed by atoms with Gasteiger partial charge in [0, 0.05) is 12.1 Å². The minimum atomic E-state index is -0.460. The van der Waals surface area contributed by atoms with Crippen LogP contribution in [0, 0.1) is 11.8 Å². The molecule has 0 heterocycles. The molecule has 0 amide bonds. The number of carbonyl (C=O) groups is 4. The molecule has 0 spiro atoms. The van der Waals surface area contributed by atoms with Crippen molar-refractivity contribution in [3.05, 3.63) is 12.1 Å². The van der Waals surface area contributed by atoms with Crippen molar-refractivity contribution in [2.75, 3.05) is 0 Å². The number of benzene rings is 1. The molecular formula is C22H26O8. The normalized spacial score (nSPS) is 17.6. The molecule has 3 rings (SSSR count). The molecule has 0 saturated heterocycles. The summed E-state index contributed by atoms with van der Waals surface area (Å²) in [6, 6.07) is 2.56. The van der Waals surface area contributed by atoms with Gasteiger partial charge in [-0.25, -0.2) is 0 Å². The van der Waals surface area contributed by atoms with E-state index in [-0.39, 0.29) is 53.7 Å². The first-order valence-electron chi connectivity index (χ1n) is 10.4. The van der Waals surface area contributed by atoms with Crippen molar-refractivity contribution in [3.8, 4) is 23.0 Å². The van der Waals surface area contributed by atoms with E-state index >= 15 is 0 Å². The monoisotopic (exact) mass is 418 g/mol. The van der Waals surface area contributed by atoms with Crippen LogP contribution in [0.1, 0.15) is 64.2 Å². The summed E-state index contributed by atoms with van der Waals surface area (Å²) < 4.78 is 20.7. The van der Waals surface area contributed by atoms with E-state index < -0.39 is 5.97 Å². The molecule has 162 valence electrons. The Balaban J connectivity index is 1.85. The standard InChI is InChI=1S/C22H26O8/c23-13-27-18-11-17(29-21(25)15-7-3-1-4-8-15)12-19(20(18)28-14-24)30-22(26)16-9-5-2-6-10-16/h11-16H,1-10H2. The van der Waals surface area contributed by atoms with Gasteiger partial charge in [-0.05, 0) is 25.7 Å². The van der Waals surface area contributed by atoms with Gasteiger partial charge in [0.15, 0.2) is 11.5 Å². The second-order valence-corrected chi connectivity index (χ2v) is 7.69. The average Bonchev–Trinajstić information content (AvgIpc) is 2.77. The van der Waals surface area contributed by atoms with Gasteiger partial charge in [0.2, 0.25) is 5.75 Å². The number of hydrogen-bond acceptors (Lipinski definition) is 8. The van der Waals surface area contributed by atoms with E-state index in [1.54, 1.807) is 0 Å². The van der Waals surface area contributed by atoms with Crippen LogP contribution in [0.4, 0.5) is 0 Å². The molecule has 2 fully saturated rings. The van der Waals surface area contributed by atoms with E-state index in [9.17, 15) is 19.2 Å². The van der Waals surface area contributed by atoms with Gasteiger partial charge in [0.25, 0.3) is 12.9 Å². The first kappa shape index (κ1) is 21.8. The zero-order valence-corrected chi connectivity index (χ0v) is 16.8. The van der Waals surface area contributed by atoms with Gasteiger partial charge in [-0.1, -0.05) is 38.5 Å². The lowest BCUT2D eigenvalue weighted by atomic mass is 9.89.